The van der Waals surface area contributed by atoms with Crippen molar-refractivity contribution in [2.45, 2.75) is 25.3 Å². The molecule has 3 aliphatic heterocycles. The number of aryl methyl sites for hydroxylation is 1. The zero-order valence-electron chi connectivity index (χ0n) is 17.1. The van der Waals surface area contributed by atoms with Crippen LogP contribution in [0.1, 0.15) is 29.0 Å². The molecule has 1 fully saturated rings. The van der Waals surface area contributed by atoms with E-state index in [4.69, 9.17) is 9.47 Å². The first-order valence-electron chi connectivity index (χ1n) is 10.2. The predicted octanol–water partition coefficient (Wildman–Crippen LogP) is 3.47. The minimum absolute atomic E-state index is 0.0824. The summed E-state index contributed by atoms with van der Waals surface area (Å²) in [5.74, 6) is 1.34. The van der Waals surface area contributed by atoms with Crippen LogP contribution in [0.2, 0.25) is 0 Å². The highest BCUT2D eigenvalue weighted by Gasteiger charge is 2.44. The molecule has 1 saturated heterocycles. The maximum absolute atomic E-state index is 13.6. The molecule has 1 amide bonds. The third-order valence-corrected chi connectivity index (χ3v) is 6.23. The highest BCUT2D eigenvalue weighted by atomic mass is 16.7. The maximum atomic E-state index is 13.6. The Hall–Kier alpha value is -3.30. The average Bonchev–Trinajstić information content (AvgIpc) is 3.33. The van der Waals surface area contributed by atoms with Crippen molar-refractivity contribution >= 4 is 17.7 Å². The van der Waals surface area contributed by atoms with Gasteiger partial charge in [-0.15, -0.1) is 0 Å². The summed E-state index contributed by atoms with van der Waals surface area (Å²) < 4.78 is 10.8. The van der Waals surface area contributed by atoms with E-state index in [-0.39, 0.29) is 30.2 Å². The number of rotatable bonds is 2. The van der Waals surface area contributed by atoms with Crippen LogP contribution in [0.15, 0.2) is 42.0 Å². The molecular weight excluding hydrogens is 378 g/mol. The van der Waals surface area contributed by atoms with E-state index in [0.717, 1.165) is 30.8 Å². The number of ether oxygens (including phenoxy) is 2. The van der Waals surface area contributed by atoms with Crippen LogP contribution < -0.4 is 14.4 Å². The Labute approximate surface area is 175 Å². The van der Waals surface area contributed by atoms with Gasteiger partial charge in [-0.2, -0.15) is 5.26 Å². The van der Waals surface area contributed by atoms with Gasteiger partial charge in [-0.1, -0.05) is 23.8 Å². The number of nitriles is 1. The van der Waals surface area contributed by atoms with E-state index < -0.39 is 0 Å². The molecule has 0 saturated carbocycles. The second-order valence-electron chi connectivity index (χ2n) is 8.24. The van der Waals surface area contributed by atoms with Crippen molar-refractivity contribution in [3.8, 4) is 17.6 Å². The lowest BCUT2D eigenvalue weighted by Gasteiger charge is -2.36. The van der Waals surface area contributed by atoms with Crippen LogP contribution in [0.4, 0.5) is 5.69 Å². The highest BCUT2D eigenvalue weighted by Crippen LogP contribution is 2.45. The third-order valence-electron chi connectivity index (χ3n) is 6.23. The number of carbonyl (C=O) groups is 1. The van der Waals surface area contributed by atoms with Crippen molar-refractivity contribution in [2.24, 2.45) is 0 Å². The molecule has 0 aromatic heterocycles. The van der Waals surface area contributed by atoms with Crippen molar-refractivity contribution in [3.05, 3.63) is 58.7 Å². The van der Waals surface area contributed by atoms with E-state index in [2.05, 4.69) is 31.0 Å². The summed E-state index contributed by atoms with van der Waals surface area (Å²) in [6.07, 6.45) is 2.53. The van der Waals surface area contributed by atoms with Crippen LogP contribution in [-0.2, 0) is 4.79 Å². The molecular formula is C24H23N3O3. The zero-order chi connectivity index (χ0) is 20.8. The fourth-order valence-corrected chi connectivity index (χ4v) is 4.79. The van der Waals surface area contributed by atoms with E-state index in [1.54, 1.807) is 18.2 Å². The van der Waals surface area contributed by atoms with E-state index >= 15 is 0 Å². The lowest BCUT2D eigenvalue weighted by atomic mass is 9.88. The summed E-state index contributed by atoms with van der Waals surface area (Å²) >= 11 is 0. The summed E-state index contributed by atoms with van der Waals surface area (Å²) in [5.41, 5.74) is 4.20. The van der Waals surface area contributed by atoms with Gasteiger partial charge in [0.25, 0.3) is 5.91 Å². The lowest BCUT2D eigenvalue weighted by Crippen LogP contribution is -2.47. The smallest absolute Gasteiger partial charge is 0.269 e. The predicted molar refractivity (Wildman–Crippen MR) is 113 cm³/mol. The fourth-order valence-electron chi connectivity index (χ4n) is 4.79. The molecule has 5 rings (SSSR count). The molecule has 2 aromatic carbocycles. The number of hydrogen-bond acceptors (Lipinski definition) is 5. The van der Waals surface area contributed by atoms with E-state index in [1.807, 2.05) is 23.1 Å². The van der Waals surface area contributed by atoms with Gasteiger partial charge in [-0.25, -0.2) is 0 Å². The van der Waals surface area contributed by atoms with Crippen LogP contribution in [-0.4, -0.2) is 43.8 Å². The largest absolute Gasteiger partial charge is 0.454 e. The Morgan fingerprint density at radius 3 is 2.87 bits per heavy atom. The Balaban J connectivity index is 1.52. The molecule has 6 heteroatoms. The Bertz CT molecular complexity index is 1100. The van der Waals surface area contributed by atoms with E-state index in [0.29, 0.717) is 11.5 Å². The Kier molecular flexibility index (Phi) is 4.48. The molecule has 3 heterocycles. The van der Waals surface area contributed by atoms with Crippen LogP contribution in [0.5, 0.6) is 11.5 Å². The van der Waals surface area contributed by atoms with Crippen molar-refractivity contribution in [1.29, 1.82) is 5.26 Å². The maximum Gasteiger partial charge on any atom is 0.269 e. The standard InChI is InChI=1S/C24H23N3O3/c1-15-3-5-20-18(9-15)19-13-26(2)8-7-21(19)27(20)24(28)17(12-25)10-16-4-6-22-23(11-16)30-14-29-22/h3-6,9-11,19,21H,7-8,13-14H2,1-2H3/b17-10-. The highest BCUT2D eigenvalue weighted by molar-refractivity contribution is 6.12. The van der Waals surface area contributed by atoms with Crippen LogP contribution in [0.25, 0.3) is 6.08 Å². The summed E-state index contributed by atoms with van der Waals surface area (Å²) in [6.45, 7) is 4.12. The SMILES string of the molecule is Cc1ccc2c(c1)C1CN(C)CCC1N2C(=O)/C(C#N)=C\c1ccc2c(c1)OCO2. The monoisotopic (exact) mass is 401 g/mol. The number of benzene rings is 2. The van der Waals surface area contributed by atoms with E-state index in [9.17, 15) is 10.1 Å². The molecule has 2 unspecified atom stereocenters. The number of amides is 1. The molecule has 30 heavy (non-hydrogen) atoms. The second kappa shape index (κ2) is 7.19. The molecule has 0 spiro atoms. The molecule has 0 bridgehead atoms. The number of hydrogen-bond donors (Lipinski definition) is 0. The van der Waals surface area contributed by atoms with Gasteiger partial charge in [-0.05, 0) is 62.3 Å². The molecule has 0 aliphatic carbocycles. The van der Waals surface area contributed by atoms with Crippen LogP contribution in [0, 0.1) is 18.3 Å². The number of fused-ring (bicyclic) bond motifs is 4. The van der Waals surface area contributed by atoms with Crippen molar-refractivity contribution in [3.63, 3.8) is 0 Å². The number of likely N-dealkylation sites (tertiary alicyclic amines) is 1. The van der Waals surface area contributed by atoms with E-state index in [1.165, 1.54) is 11.1 Å². The Morgan fingerprint density at radius 2 is 2.03 bits per heavy atom. The van der Waals surface area contributed by atoms with Gasteiger partial charge in [-0.3, -0.25) is 4.79 Å². The van der Waals surface area contributed by atoms with Gasteiger partial charge in [0.2, 0.25) is 6.79 Å². The summed E-state index contributed by atoms with van der Waals surface area (Å²) in [4.78, 5) is 17.7. The van der Waals surface area contributed by atoms with Crippen molar-refractivity contribution < 1.29 is 14.3 Å². The first kappa shape index (κ1) is 18.7. The molecule has 2 atom stereocenters. The van der Waals surface area contributed by atoms with Gasteiger partial charge in [0.15, 0.2) is 11.5 Å². The normalized spacial score (nSPS) is 22.4. The number of likely N-dealkylation sites (N-methyl/N-ethyl adjacent to an activating group) is 1. The fraction of sp³-hybridized carbons (Fsp3) is 0.333. The van der Waals surface area contributed by atoms with Crippen LogP contribution >= 0.6 is 0 Å². The van der Waals surface area contributed by atoms with Crippen molar-refractivity contribution in [2.75, 3.05) is 31.8 Å². The minimum atomic E-state index is -0.239. The molecule has 0 radical (unpaired) electrons. The number of carbonyl (C=O) groups excluding carboxylic acids is 1. The third kappa shape index (κ3) is 3.03. The van der Waals surface area contributed by atoms with Crippen molar-refractivity contribution in [1.82, 2.24) is 4.90 Å². The molecule has 6 nitrogen and oxygen atoms in total. The summed E-state index contributed by atoms with van der Waals surface area (Å²) in [6, 6.07) is 13.9. The Morgan fingerprint density at radius 1 is 1.20 bits per heavy atom. The molecule has 2 aromatic rings. The number of piperidine rings is 1. The second-order valence-corrected chi connectivity index (χ2v) is 8.24. The van der Waals surface area contributed by atoms with Gasteiger partial charge in [0.05, 0.1) is 0 Å². The van der Waals surface area contributed by atoms with Gasteiger partial charge in [0.1, 0.15) is 11.6 Å². The zero-order valence-corrected chi connectivity index (χ0v) is 17.1. The molecule has 0 N–H and O–H groups in total. The van der Waals surface area contributed by atoms with Gasteiger partial charge in [0, 0.05) is 24.2 Å². The number of nitrogens with zero attached hydrogens (tertiary/aromatic N) is 3. The molecule has 152 valence electrons. The first-order chi connectivity index (χ1) is 14.5. The summed E-state index contributed by atoms with van der Waals surface area (Å²) in [7, 11) is 2.12. The lowest BCUT2D eigenvalue weighted by molar-refractivity contribution is -0.115. The number of anilines is 1. The first-order valence-corrected chi connectivity index (χ1v) is 10.2. The minimum Gasteiger partial charge on any atom is -0.454 e. The molecule has 3 aliphatic rings. The van der Waals surface area contributed by atoms with Gasteiger partial charge < -0.3 is 19.3 Å². The average molecular weight is 401 g/mol. The topological polar surface area (TPSA) is 65.8 Å². The quantitative estimate of drug-likeness (QED) is 0.570. The van der Waals surface area contributed by atoms with Gasteiger partial charge >= 0.3 is 0 Å². The van der Waals surface area contributed by atoms with Crippen LogP contribution in [0.3, 0.4) is 0 Å². The summed E-state index contributed by atoms with van der Waals surface area (Å²) in [5, 5.41) is 9.81.